The maximum absolute atomic E-state index is 13.1. The van der Waals surface area contributed by atoms with E-state index in [0.717, 1.165) is 5.56 Å². The van der Waals surface area contributed by atoms with Gasteiger partial charge in [-0.3, -0.25) is 14.4 Å². The van der Waals surface area contributed by atoms with Crippen molar-refractivity contribution >= 4 is 23.6 Å². The van der Waals surface area contributed by atoms with Gasteiger partial charge in [-0.2, -0.15) is 11.8 Å². The number of aromatic nitrogens is 1. The molecule has 0 spiro atoms. The summed E-state index contributed by atoms with van der Waals surface area (Å²) in [6.07, 6.45) is 0. The van der Waals surface area contributed by atoms with Gasteiger partial charge in [-0.15, -0.1) is 0 Å². The van der Waals surface area contributed by atoms with Crippen molar-refractivity contribution < 1.29 is 19.8 Å². The van der Waals surface area contributed by atoms with E-state index in [-0.39, 0.29) is 17.7 Å². The zero-order chi connectivity index (χ0) is 21.3. The SMILES string of the molecule is CC(C)(C)c1ccc(Cn2c3c(c(O)c(C(=O)NCC(=O)O)c2=O)CSC3)cc1. The first-order valence-corrected chi connectivity index (χ1v) is 10.4. The summed E-state index contributed by atoms with van der Waals surface area (Å²) < 4.78 is 1.51. The number of rotatable bonds is 5. The number of carbonyl (C=O) groups excluding carboxylic acids is 1. The maximum Gasteiger partial charge on any atom is 0.322 e. The number of pyridine rings is 1. The number of nitrogens with zero attached hydrogens (tertiary/aromatic N) is 1. The van der Waals surface area contributed by atoms with Crippen molar-refractivity contribution in [2.75, 3.05) is 6.54 Å². The summed E-state index contributed by atoms with van der Waals surface area (Å²) in [7, 11) is 0. The quantitative estimate of drug-likeness (QED) is 0.691. The van der Waals surface area contributed by atoms with E-state index >= 15 is 0 Å². The number of carboxylic acids is 1. The number of fused-ring (bicyclic) bond motifs is 1. The molecular weight excluding hydrogens is 392 g/mol. The average molecular weight is 416 g/mol. The first kappa shape index (κ1) is 21.0. The molecule has 1 aliphatic rings. The molecule has 2 aromatic rings. The molecule has 8 heteroatoms. The van der Waals surface area contributed by atoms with Crippen molar-refractivity contribution in [1.29, 1.82) is 0 Å². The third-order valence-corrected chi connectivity index (χ3v) is 5.90. The summed E-state index contributed by atoms with van der Waals surface area (Å²) in [5, 5.41) is 21.4. The molecule has 0 saturated carbocycles. The molecule has 0 bridgehead atoms. The molecule has 0 aliphatic carbocycles. The van der Waals surface area contributed by atoms with E-state index in [1.54, 1.807) is 11.8 Å². The number of thioether (sulfide) groups is 1. The number of carbonyl (C=O) groups is 2. The minimum Gasteiger partial charge on any atom is -0.507 e. The van der Waals surface area contributed by atoms with Gasteiger partial charge in [0.25, 0.3) is 11.5 Å². The van der Waals surface area contributed by atoms with Gasteiger partial charge in [0.15, 0.2) is 0 Å². The predicted octanol–water partition coefficient (Wildman–Crippen LogP) is 2.46. The molecule has 2 heterocycles. The summed E-state index contributed by atoms with van der Waals surface area (Å²) in [4.78, 5) is 36.2. The van der Waals surface area contributed by atoms with Crippen molar-refractivity contribution in [3.8, 4) is 5.75 Å². The summed E-state index contributed by atoms with van der Waals surface area (Å²) in [5.74, 6) is -1.41. The van der Waals surface area contributed by atoms with Crippen molar-refractivity contribution in [3.63, 3.8) is 0 Å². The molecule has 154 valence electrons. The highest BCUT2D eigenvalue weighted by Crippen LogP contribution is 2.36. The fourth-order valence-corrected chi connectivity index (χ4v) is 4.42. The van der Waals surface area contributed by atoms with E-state index in [0.29, 0.717) is 22.8 Å². The van der Waals surface area contributed by atoms with Gasteiger partial charge >= 0.3 is 5.97 Å². The summed E-state index contributed by atoms with van der Waals surface area (Å²) in [6.45, 7) is 6.01. The minimum absolute atomic E-state index is 0.0151. The van der Waals surface area contributed by atoms with E-state index in [1.807, 2.05) is 24.3 Å². The Labute approximate surface area is 172 Å². The van der Waals surface area contributed by atoms with Crippen LogP contribution in [-0.4, -0.2) is 33.2 Å². The Morgan fingerprint density at radius 2 is 1.83 bits per heavy atom. The van der Waals surface area contributed by atoms with Gasteiger partial charge in [0.05, 0.1) is 6.54 Å². The number of carboxylic acid groups (broad SMARTS) is 1. The largest absolute Gasteiger partial charge is 0.507 e. The number of nitrogens with one attached hydrogen (secondary N) is 1. The molecule has 7 nitrogen and oxygen atoms in total. The lowest BCUT2D eigenvalue weighted by molar-refractivity contribution is -0.135. The van der Waals surface area contributed by atoms with Crippen LogP contribution in [-0.2, 0) is 28.3 Å². The Hall–Kier alpha value is -2.74. The summed E-state index contributed by atoms with van der Waals surface area (Å²) in [6, 6.07) is 7.96. The smallest absolute Gasteiger partial charge is 0.322 e. The Kier molecular flexibility index (Phi) is 5.75. The van der Waals surface area contributed by atoms with E-state index in [2.05, 4.69) is 26.1 Å². The molecule has 0 saturated heterocycles. The lowest BCUT2D eigenvalue weighted by Crippen LogP contribution is -2.37. The molecule has 1 aliphatic heterocycles. The normalized spacial score (nSPS) is 13.2. The molecule has 1 amide bonds. The van der Waals surface area contributed by atoms with Crippen molar-refractivity contribution in [2.24, 2.45) is 0 Å². The fourth-order valence-electron chi connectivity index (χ4n) is 3.28. The van der Waals surface area contributed by atoms with Crippen LogP contribution in [0.15, 0.2) is 29.1 Å². The van der Waals surface area contributed by atoms with Crippen LogP contribution in [0.2, 0.25) is 0 Å². The van der Waals surface area contributed by atoms with E-state index in [9.17, 15) is 19.5 Å². The second-order valence-corrected chi connectivity index (χ2v) is 9.04. The van der Waals surface area contributed by atoms with Gasteiger partial charge in [-0.05, 0) is 16.5 Å². The lowest BCUT2D eigenvalue weighted by Gasteiger charge is -2.20. The second kappa shape index (κ2) is 7.94. The number of aliphatic carboxylic acids is 1. The van der Waals surface area contributed by atoms with Crippen molar-refractivity contribution in [1.82, 2.24) is 9.88 Å². The Morgan fingerprint density at radius 1 is 1.17 bits per heavy atom. The monoisotopic (exact) mass is 416 g/mol. The summed E-state index contributed by atoms with van der Waals surface area (Å²) in [5.41, 5.74) is 2.33. The zero-order valence-corrected chi connectivity index (χ0v) is 17.4. The van der Waals surface area contributed by atoms with Crippen LogP contribution in [0.1, 0.15) is 53.5 Å². The number of amides is 1. The molecule has 1 aromatic carbocycles. The molecule has 0 radical (unpaired) electrons. The van der Waals surface area contributed by atoms with Crippen LogP contribution in [0.25, 0.3) is 0 Å². The minimum atomic E-state index is -1.23. The van der Waals surface area contributed by atoms with Crippen LogP contribution in [0.3, 0.4) is 0 Å². The Balaban J connectivity index is 2.02. The molecule has 3 N–H and O–H groups in total. The Morgan fingerprint density at radius 3 is 2.41 bits per heavy atom. The molecule has 0 atom stereocenters. The topological polar surface area (TPSA) is 109 Å². The summed E-state index contributed by atoms with van der Waals surface area (Å²) >= 11 is 1.55. The standard InChI is InChI=1S/C21H24N2O5S/c1-21(2,3)13-6-4-12(5-7-13)9-23-15-11-29-10-14(15)18(26)17(20(23)28)19(27)22-8-16(24)25/h4-7,26H,8-11H2,1-3H3,(H,22,27)(H,24,25). The highest BCUT2D eigenvalue weighted by molar-refractivity contribution is 7.98. The zero-order valence-electron chi connectivity index (χ0n) is 16.6. The van der Waals surface area contributed by atoms with Crippen LogP contribution in [0.5, 0.6) is 5.75 Å². The molecule has 3 rings (SSSR count). The van der Waals surface area contributed by atoms with Crippen LogP contribution < -0.4 is 10.9 Å². The highest BCUT2D eigenvalue weighted by Gasteiger charge is 2.28. The fraction of sp³-hybridized carbons (Fsp3) is 0.381. The number of hydrogen-bond acceptors (Lipinski definition) is 5. The van der Waals surface area contributed by atoms with Gasteiger partial charge in [0, 0.05) is 22.8 Å². The molecule has 1 aromatic heterocycles. The molecule has 0 fully saturated rings. The first-order valence-electron chi connectivity index (χ1n) is 9.24. The molecular formula is C21H24N2O5S. The highest BCUT2D eigenvalue weighted by atomic mass is 32.2. The van der Waals surface area contributed by atoms with Gasteiger partial charge in [0.2, 0.25) is 0 Å². The number of aromatic hydroxyl groups is 1. The van der Waals surface area contributed by atoms with Crippen LogP contribution in [0, 0.1) is 0 Å². The van der Waals surface area contributed by atoms with E-state index < -0.39 is 29.5 Å². The second-order valence-electron chi connectivity index (χ2n) is 8.06. The predicted molar refractivity (Wildman–Crippen MR) is 112 cm³/mol. The van der Waals surface area contributed by atoms with Gasteiger partial charge in [-0.1, -0.05) is 45.0 Å². The van der Waals surface area contributed by atoms with Crippen molar-refractivity contribution in [3.05, 3.63) is 62.6 Å². The maximum atomic E-state index is 13.1. The van der Waals surface area contributed by atoms with Crippen LogP contribution in [0.4, 0.5) is 0 Å². The van der Waals surface area contributed by atoms with Gasteiger partial charge < -0.3 is 20.1 Å². The van der Waals surface area contributed by atoms with Crippen LogP contribution >= 0.6 is 11.8 Å². The number of benzene rings is 1. The average Bonchev–Trinajstić information content (AvgIpc) is 3.13. The van der Waals surface area contributed by atoms with Gasteiger partial charge in [0.1, 0.15) is 17.9 Å². The molecule has 0 unspecified atom stereocenters. The van der Waals surface area contributed by atoms with Gasteiger partial charge in [-0.25, -0.2) is 0 Å². The van der Waals surface area contributed by atoms with E-state index in [4.69, 9.17) is 5.11 Å². The first-order chi connectivity index (χ1) is 13.6. The third-order valence-electron chi connectivity index (χ3n) is 4.93. The third kappa shape index (κ3) is 4.32. The van der Waals surface area contributed by atoms with Crippen molar-refractivity contribution in [2.45, 2.75) is 44.2 Å². The number of hydrogen-bond donors (Lipinski definition) is 3. The lowest BCUT2D eigenvalue weighted by atomic mass is 9.87. The van der Waals surface area contributed by atoms with E-state index in [1.165, 1.54) is 10.1 Å². The molecule has 29 heavy (non-hydrogen) atoms. The Bertz CT molecular complexity index is 1020.